The number of ether oxygens (including phenoxy) is 1. The highest BCUT2D eigenvalue weighted by molar-refractivity contribution is 6.31. The van der Waals surface area contributed by atoms with Crippen molar-refractivity contribution >= 4 is 28.9 Å². The van der Waals surface area contributed by atoms with Crippen molar-refractivity contribution in [3.8, 4) is 5.75 Å². The van der Waals surface area contributed by atoms with Crippen molar-refractivity contribution in [2.45, 2.75) is 13.8 Å². The van der Waals surface area contributed by atoms with E-state index in [1.807, 2.05) is 26.0 Å². The van der Waals surface area contributed by atoms with E-state index in [1.165, 1.54) is 7.11 Å². The second kappa shape index (κ2) is 6.06. The van der Waals surface area contributed by atoms with E-state index in [0.29, 0.717) is 22.0 Å². The van der Waals surface area contributed by atoms with Crippen LogP contribution < -0.4 is 15.8 Å². The molecule has 1 amide bonds. The lowest BCUT2D eigenvalue weighted by Crippen LogP contribution is -2.15. The first-order valence-electron chi connectivity index (χ1n) is 6.44. The number of amides is 1. The van der Waals surface area contributed by atoms with E-state index in [4.69, 9.17) is 22.1 Å². The van der Waals surface area contributed by atoms with Gasteiger partial charge in [0.05, 0.1) is 12.7 Å². The molecule has 0 spiro atoms. The van der Waals surface area contributed by atoms with Gasteiger partial charge in [-0.2, -0.15) is 0 Å². The van der Waals surface area contributed by atoms with Crippen LogP contribution in [0.3, 0.4) is 0 Å². The quantitative estimate of drug-likeness (QED) is 0.848. The number of carbonyl (C=O) groups is 1. The number of rotatable bonds is 3. The number of nitrogens with two attached hydrogens (primary N) is 1. The second-order valence-electron chi connectivity index (χ2n) is 4.77. The van der Waals surface area contributed by atoms with Gasteiger partial charge >= 0.3 is 0 Å². The fourth-order valence-electron chi connectivity index (χ4n) is 2.09. The Morgan fingerprint density at radius 2 is 1.95 bits per heavy atom. The predicted octanol–water partition coefficient (Wildman–Crippen LogP) is 3.80. The Kier molecular flexibility index (Phi) is 4.38. The number of nitrogens with one attached hydrogen (secondary N) is 1. The zero-order valence-corrected chi connectivity index (χ0v) is 12.9. The van der Waals surface area contributed by atoms with Crippen molar-refractivity contribution < 1.29 is 9.53 Å². The molecule has 0 aliphatic rings. The van der Waals surface area contributed by atoms with Crippen molar-refractivity contribution in [3.63, 3.8) is 0 Å². The van der Waals surface area contributed by atoms with Gasteiger partial charge in [-0.3, -0.25) is 4.79 Å². The molecule has 0 radical (unpaired) electrons. The minimum Gasteiger partial charge on any atom is -0.496 e. The van der Waals surface area contributed by atoms with Gasteiger partial charge in [-0.05, 0) is 49.2 Å². The summed E-state index contributed by atoms with van der Waals surface area (Å²) in [7, 11) is 1.50. The van der Waals surface area contributed by atoms with Gasteiger partial charge in [-0.1, -0.05) is 17.7 Å². The molecule has 5 heteroatoms. The van der Waals surface area contributed by atoms with Gasteiger partial charge in [-0.25, -0.2) is 0 Å². The van der Waals surface area contributed by atoms with Gasteiger partial charge in [-0.15, -0.1) is 0 Å². The summed E-state index contributed by atoms with van der Waals surface area (Å²) in [5.41, 5.74) is 9.45. The summed E-state index contributed by atoms with van der Waals surface area (Å²) in [6, 6.07) is 8.58. The van der Waals surface area contributed by atoms with Gasteiger partial charge in [0.1, 0.15) is 5.75 Å². The molecule has 2 aromatic carbocycles. The fraction of sp³-hybridized carbons (Fsp3) is 0.188. The standard InChI is InChI=1S/C16H17ClN2O2/c1-9-4-7-13(18)10(2)15(9)19-16(20)12-6-5-11(17)8-14(12)21-3/h4-8H,18H2,1-3H3,(H,19,20). The van der Waals surface area contributed by atoms with Gasteiger partial charge in [0.25, 0.3) is 5.91 Å². The number of nitrogen functional groups attached to an aromatic ring is 1. The van der Waals surface area contributed by atoms with Crippen LogP contribution in [0.15, 0.2) is 30.3 Å². The Bertz CT molecular complexity index is 699. The molecule has 0 fully saturated rings. The van der Waals surface area contributed by atoms with Crippen LogP contribution in [-0.4, -0.2) is 13.0 Å². The molecule has 0 aliphatic heterocycles. The van der Waals surface area contributed by atoms with Crippen LogP contribution >= 0.6 is 11.6 Å². The summed E-state index contributed by atoms with van der Waals surface area (Å²) in [5.74, 6) is 0.166. The average molecular weight is 305 g/mol. The zero-order valence-electron chi connectivity index (χ0n) is 12.2. The summed E-state index contributed by atoms with van der Waals surface area (Å²) in [4.78, 5) is 12.4. The summed E-state index contributed by atoms with van der Waals surface area (Å²) in [5, 5.41) is 3.40. The molecule has 110 valence electrons. The van der Waals surface area contributed by atoms with Crippen LogP contribution in [0.2, 0.25) is 5.02 Å². The van der Waals surface area contributed by atoms with Crippen LogP contribution in [0, 0.1) is 13.8 Å². The largest absolute Gasteiger partial charge is 0.496 e. The summed E-state index contributed by atoms with van der Waals surface area (Å²) in [6.45, 7) is 3.79. The highest BCUT2D eigenvalue weighted by atomic mass is 35.5. The van der Waals surface area contributed by atoms with Crippen LogP contribution in [0.25, 0.3) is 0 Å². The highest BCUT2D eigenvalue weighted by Gasteiger charge is 2.15. The first-order valence-corrected chi connectivity index (χ1v) is 6.82. The van der Waals surface area contributed by atoms with Crippen LogP contribution in [0.5, 0.6) is 5.75 Å². The molecule has 0 unspecified atom stereocenters. The molecule has 0 saturated carbocycles. The minimum atomic E-state index is -0.264. The maximum absolute atomic E-state index is 12.4. The number of methoxy groups -OCH3 is 1. The molecule has 0 aromatic heterocycles. The molecule has 0 saturated heterocycles. The van der Waals surface area contributed by atoms with E-state index in [-0.39, 0.29) is 5.91 Å². The Balaban J connectivity index is 2.37. The third-order valence-corrected chi connectivity index (χ3v) is 3.60. The third kappa shape index (κ3) is 3.11. The SMILES string of the molecule is COc1cc(Cl)ccc1C(=O)Nc1c(C)ccc(N)c1C. The highest BCUT2D eigenvalue weighted by Crippen LogP contribution is 2.28. The van der Waals surface area contributed by atoms with E-state index in [0.717, 1.165) is 16.8 Å². The number of benzene rings is 2. The lowest BCUT2D eigenvalue weighted by Gasteiger charge is -2.15. The number of hydrogen-bond donors (Lipinski definition) is 2. The van der Waals surface area contributed by atoms with Gasteiger partial charge in [0.15, 0.2) is 0 Å². The molecule has 3 N–H and O–H groups in total. The lowest BCUT2D eigenvalue weighted by atomic mass is 10.1. The number of hydrogen-bond acceptors (Lipinski definition) is 3. The van der Waals surface area contributed by atoms with Crippen molar-refractivity contribution in [2.24, 2.45) is 0 Å². The van der Waals surface area contributed by atoms with Crippen LogP contribution in [-0.2, 0) is 0 Å². The Labute approximate surface area is 128 Å². The maximum atomic E-state index is 12.4. The van der Waals surface area contributed by atoms with E-state index < -0.39 is 0 Å². The molecule has 0 atom stereocenters. The van der Waals surface area contributed by atoms with Crippen molar-refractivity contribution in [3.05, 3.63) is 52.0 Å². The molecule has 0 bridgehead atoms. The van der Waals surface area contributed by atoms with Crippen molar-refractivity contribution in [1.29, 1.82) is 0 Å². The smallest absolute Gasteiger partial charge is 0.259 e. The first-order chi connectivity index (χ1) is 9.93. The summed E-state index contributed by atoms with van der Waals surface area (Å²) >= 11 is 5.90. The van der Waals surface area contributed by atoms with Gasteiger partial charge in [0.2, 0.25) is 0 Å². The average Bonchev–Trinajstić information content (AvgIpc) is 2.47. The minimum absolute atomic E-state index is 0.264. The van der Waals surface area contributed by atoms with E-state index in [1.54, 1.807) is 18.2 Å². The van der Waals surface area contributed by atoms with Crippen molar-refractivity contribution in [1.82, 2.24) is 0 Å². The van der Waals surface area contributed by atoms with Crippen LogP contribution in [0.4, 0.5) is 11.4 Å². The third-order valence-electron chi connectivity index (χ3n) is 3.36. The molecule has 21 heavy (non-hydrogen) atoms. The normalized spacial score (nSPS) is 10.3. The predicted molar refractivity (Wildman–Crippen MR) is 86.3 cm³/mol. The van der Waals surface area contributed by atoms with E-state index in [2.05, 4.69) is 5.32 Å². The summed E-state index contributed by atoms with van der Waals surface area (Å²) < 4.78 is 5.20. The summed E-state index contributed by atoms with van der Waals surface area (Å²) in [6.07, 6.45) is 0. The Morgan fingerprint density at radius 3 is 2.62 bits per heavy atom. The van der Waals surface area contributed by atoms with Crippen molar-refractivity contribution in [2.75, 3.05) is 18.2 Å². The second-order valence-corrected chi connectivity index (χ2v) is 5.21. The number of aryl methyl sites for hydroxylation is 1. The van der Waals surface area contributed by atoms with Gasteiger partial charge in [0, 0.05) is 16.4 Å². The molecule has 2 aromatic rings. The van der Waals surface area contributed by atoms with E-state index >= 15 is 0 Å². The van der Waals surface area contributed by atoms with Gasteiger partial charge < -0.3 is 15.8 Å². The molecular weight excluding hydrogens is 288 g/mol. The Morgan fingerprint density at radius 1 is 1.24 bits per heavy atom. The molecule has 4 nitrogen and oxygen atoms in total. The number of carbonyl (C=O) groups excluding carboxylic acids is 1. The Hall–Kier alpha value is -2.20. The number of anilines is 2. The van der Waals surface area contributed by atoms with E-state index in [9.17, 15) is 4.79 Å². The zero-order chi connectivity index (χ0) is 15.6. The topological polar surface area (TPSA) is 64.3 Å². The molecule has 2 rings (SSSR count). The molecule has 0 aliphatic carbocycles. The molecule has 0 heterocycles. The monoisotopic (exact) mass is 304 g/mol. The maximum Gasteiger partial charge on any atom is 0.259 e. The lowest BCUT2D eigenvalue weighted by molar-refractivity contribution is 0.102. The first kappa shape index (κ1) is 15.2. The fourth-order valence-corrected chi connectivity index (χ4v) is 2.25. The van der Waals surface area contributed by atoms with Crippen LogP contribution in [0.1, 0.15) is 21.5 Å². The molecular formula is C16H17ClN2O2. The number of halogens is 1.